The summed E-state index contributed by atoms with van der Waals surface area (Å²) in [5, 5.41) is 14.1. The Balaban J connectivity index is 1.75. The molecule has 0 aliphatic rings. The number of carbonyl (C=O) groups excluding carboxylic acids is 1. The predicted octanol–water partition coefficient (Wildman–Crippen LogP) is 5.02. The fraction of sp³-hybridized carbons (Fsp3) is 0.333. The molecule has 152 valence electrons. The maximum absolute atomic E-state index is 12.3. The van der Waals surface area contributed by atoms with Crippen LogP contribution in [0.3, 0.4) is 0 Å². The largest absolute Gasteiger partial charge is 0.445 e. The number of para-hydroxylation sites is 1. The smallest absolute Gasteiger partial charge is 0.408 e. The number of carbonyl (C=O) groups is 1. The molecule has 3 aromatic rings. The van der Waals surface area contributed by atoms with E-state index in [9.17, 15) is 14.9 Å². The molecule has 0 radical (unpaired) electrons. The molecule has 0 fully saturated rings. The summed E-state index contributed by atoms with van der Waals surface area (Å²) in [5.74, 6) is 0.488. The third kappa shape index (κ3) is 5.31. The zero-order valence-electron chi connectivity index (χ0n) is 16.3. The van der Waals surface area contributed by atoms with Gasteiger partial charge in [0.2, 0.25) is 0 Å². The van der Waals surface area contributed by atoms with Crippen molar-refractivity contribution in [2.24, 2.45) is 0 Å². The maximum atomic E-state index is 12.3. The standard InChI is InChI=1S/C21H24N4O4/c1-2-3-5-11-17(23-21(26)29-14-15-9-6-4-7-10-15)20-22-16-12-8-13-18(25(27)28)19(16)24-20/h4,6-10,12-13,17H,2-3,5,11,14H2,1H3,(H,22,24)(H,23,26)/t17-/m0/s1. The van der Waals surface area contributed by atoms with Crippen LogP contribution >= 0.6 is 0 Å². The highest BCUT2D eigenvalue weighted by molar-refractivity contribution is 5.84. The fourth-order valence-electron chi connectivity index (χ4n) is 3.13. The van der Waals surface area contributed by atoms with Crippen LogP contribution in [0.5, 0.6) is 0 Å². The molecule has 0 aliphatic heterocycles. The number of hydrogen-bond donors (Lipinski definition) is 2. The average molecular weight is 396 g/mol. The van der Waals surface area contributed by atoms with Crippen LogP contribution in [0.25, 0.3) is 11.0 Å². The number of unbranched alkanes of at least 4 members (excludes halogenated alkanes) is 2. The summed E-state index contributed by atoms with van der Waals surface area (Å²) in [6, 6.07) is 13.8. The molecule has 2 N–H and O–H groups in total. The summed E-state index contributed by atoms with van der Waals surface area (Å²) >= 11 is 0. The second-order valence-electron chi connectivity index (χ2n) is 6.81. The van der Waals surface area contributed by atoms with Crippen molar-refractivity contribution in [3.8, 4) is 0 Å². The molecule has 0 spiro atoms. The predicted molar refractivity (Wildman–Crippen MR) is 109 cm³/mol. The van der Waals surface area contributed by atoms with Crippen LogP contribution in [0.2, 0.25) is 0 Å². The first-order valence-electron chi connectivity index (χ1n) is 9.68. The van der Waals surface area contributed by atoms with Gasteiger partial charge in [0.05, 0.1) is 16.5 Å². The molecular formula is C21H24N4O4. The zero-order chi connectivity index (χ0) is 20.6. The highest BCUT2D eigenvalue weighted by Crippen LogP contribution is 2.27. The molecule has 0 aliphatic carbocycles. The van der Waals surface area contributed by atoms with Crippen molar-refractivity contribution < 1.29 is 14.5 Å². The molecular weight excluding hydrogens is 372 g/mol. The molecule has 1 aromatic heterocycles. The van der Waals surface area contributed by atoms with E-state index in [0.717, 1.165) is 24.8 Å². The van der Waals surface area contributed by atoms with Crippen molar-refractivity contribution in [2.45, 2.75) is 45.3 Å². The van der Waals surface area contributed by atoms with E-state index in [-0.39, 0.29) is 17.8 Å². The highest BCUT2D eigenvalue weighted by atomic mass is 16.6. The van der Waals surface area contributed by atoms with Gasteiger partial charge >= 0.3 is 6.09 Å². The van der Waals surface area contributed by atoms with Crippen molar-refractivity contribution in [1.82, 2.24) is 15.3 Å². The minimum absolute atomic E-state index is 0.0658. The summed E-state index contributed by atoms with van der Waals surface area (Å²) in [4.78, 5) is 30.7. The molecule has 2 aromatic carbocycles. The summed E-state index contributed by atoms with van der Waals surface area (Å²) < 4.78 is 5.32. The van der Waals surface area contributed by atoms with Crippen LogP contribution in [-0.2, 0) is 11.3 Å². The van der Waals surface area contributed by atoms with E-state index in [1.165, 1.54) is 6.07 Å². The number of rotatable bonds is 9. The number of non-ortho nitro benzene ring substituents is 1. The number of benzene rings is 2. The van der Waals surface area contributed by atoms with Crippen LogP contribution in [0.4, 0.5) is 10.5 Å². The lowest BCUT2D eigenvalue weighted by Gasteiger charge is -2.16. The Bertz CT molecular complexity index is 971. The van der Waals surface area contributed by atoms with Crippen molar-refractivity contribution >= 4 is 22.8 Å². The van der Waals surface area contributed by atoms with Crippen molar-refractivity contribution in [3.63, 3.8) is 0 Å². The number of aromatic amines is 1. The number of amides is 1. The molecule has 0 unspecified atom stereocenters. The molecule has 1 atom stereocenters. The SMILES string of the molecule is CCCCC[C@H](NC(=O)OCc1ccccc1)c1nc2c([N+](=O)[O-])cccc2[nH]1. The number of nitrogens with one attached hydrogen (secondary N) is 2. The number of imidazole rings is 1. The van der Waals surface area contributed by atoms with Gasteiger partial charge in [-0.1, -0.05) is 62.6 Å². The number of H-pyrrole nitrogens is 1. The number of nitro benzene ring substituents is 1. The molecule has 1 amide bonds. The van der Waals surface area contributed by atoms with Crippen LogP contribution < -0.4 is 5.32 Å². The Morgan fingerprint density at radius 1 is 1.21 bits per heavy atom. The Kier molecular flexibility index (Phi) is 6.78. The molecule has 8 nitrogen and oxygen atoms in total. The number of alkyl carbamates (subject to hydrolysis) is 1. The quantitative estimate of drug-likeness (QED) is 0.300. The van der Waals surface area contributed by atoms with Crippen LogP contribution in [0.15, 0.2) is 48.5 Å². The Labute approximate surface area is 168 Å². The van der Waals surface area contributed by atoms with Gasteiger partial charge in [-0.3, -0.25) is 10.1 Å². The van der Waals surface area contributed by atoms with Crippen LogP contribution in [0, 0.1) is 10.1 Å². The van der Waals surface area contributed by atoms with Gasteiger partial charge in [0.1, 0.15) is 12.4 Å². The first-order valence-corrected chi connectivity index (χ1v) is 9.68. The molecule has 1 heterocycles. The van der Waals surface area contributed by atoms with Gasteiger partial charge < -0.3 is 15.0 Å². The number of nitro groups is 1. The van der Waals surface area contributed by atoms with Gasteiger partial charge in [-0.05, 0) is 18.1 Å². The maximum Gasteiger partial charge on any atom is 0.408 e. The number of fused-ring (bicyclic) bond motifs is 1. The highest BCUT2D eigenvalue weighted by Gasteiger charge is 2.22. The van der Waals surface area contributed by atoms with Crippen LogP contribution in [0.1, 0.15) is 50.0 Å². The lowest BCUT2D eigenvalue weighted by Crippen LogP contribution is -2.29. The van der Waals surface area contributed by atoms with E-state index in [0.29, 0.717) is 17.8 Å². The Morgan fingerprint density at radius 3 is 2.72 bits per heavy atom. The first kappa shape index (κ1) is 20.3. The number of aromatic nitrogens is 2. The van der Waals surface area contributed by atoms with Gasteiger partial charge in [-0.2, -0.15) is 0 Å². The normalized spacial score (nSPS) is 11.9. The Morgan fingerprint density at radius 2 is 2.00 bits per heavy atom. The number of nitrogens with zero attached hydrogens (tertiary/aromatic N) is 2. The zero-order valence-corrected chi connectivity index (χ0v) is 16.3. The second kappa shape index (κ2) is 9.68. The van der Waals surface area contributed by atoms with Gasteiger partial charge in [-0.25, -0.2) is 9.78 Å². The summed E-state index contributed by atoms with van der Waals surface area (Å²) in [6.07, 6.45) is 3.04. The van der Waals surface area contributed by atoms with Crippen molar-refractivity contribution in [3.05, 3.63) is 70.0 Å². The van der Waals surface area contributed by atoms with E-state index >= 15 is 0 Å². The molecule has 0 saturated carbocycles. The summed E-state index contributed by atoms with van der Waals surface area (Å²) in [6.45, 7) is 2.26. The minimum Gasteiger partial charge on any atom is -0.445 e. The Hall–Kier alpha value is -3.42. The van der Waals surface area contributed by atoms with Gasteiger partial charge in [0.15, 0.2) is 5.52 Å². The fourth-order valence-corrected chi connectivity index (χ4v) is 3.13. The van der Waals surface area contributed by atoms with Gasteiger partial charge in [-0.15, -0.1) is 0 Å². The lowest BCUT2D eigenvalue weighted by molar-refractivity contribution is -0.383. The van der Waals surface area contributed by atoms with E-state index in [1.54, 1.807) is 12.1 Å². The third-order valence-corrected chi connectivity index (χ3v) is 4.64. The first-order chi connectivity index (χ1) is 14.1. The van der Waals surface area contributed by atoms with E-state index in [1.807, 2.05) is 30.3 Å². The molecule has 0 saturated heterocycles. The minimum atomic E-state index is -0.551. The molecule has 0 bridgehead atoms. The van der Waals surface area contributed by atoms with Crippen LogP contribution in [-0.4, -0.2) is 21.0 Å². The molecule has 29 heavy (non-hydrogen) atoms. The van der Waals surface area contributed by atoms with Crippen molar-refractivity contribution in [2.75, 3.05) is 0 Å². The monoisotopic (exact) mass is 396 g/mol. The lowest BCUT2D eigenvalue weighted by atomic mass is 10.1. The number of hydrogen-bond acceptors (Lipinski definition) is 5. The summed E-state index contributed by atoms with van der Waals surface area (Å²) in [5.41, 5.74) is 1.68. The topological polar surface area (TPSA) is 110 Å². The second-order valence-corrected chi connectivity index (χ2v) is 6.81. The number of ether oxygens (including phenoxy) is 1. The van der Waals surface area contributed by atoms with Crippen molar-refractivity contribution in [1.29, 1.82) is 0 Å². The molecule has 8 heteroatoms. The third-order valence-electron chi connectivity index (χ3n) is 4.64. The van der Waals surface area contributed by atoms with Gasteiger partial charge in [0.25, 0.3) is 5.69 Å². The van der Waals surface area contributed by atoms with Gasteiger partial charge in [0, 0.05) is 6.07 Å². The molecule has 3 rings (SSSR count). The van der Waals surface area contributed by atoms with E-state index in [2.05, 4.69) is 22.2 Å². The van der Waals surface area contributed by atoms with E-state index in [4.69, 9.17) is 4.74 Å². The average Bonchev–Trinajstić information content (AvgIpc) is 3.16. The van der Waals surface area contributed by atoms with E-state index < -0.39 is 17.1 Å². The summed E-state index contributed by atoms with van der Waals surface area (Å²) in [7, 11) is 0.